The molecule has 0 aliphatic rings. The molecule has 26 heavy (non-hydrogen) atoms. The molecule has 0 atom stereocenters. The molecule has 0 aliphatic carbocycles. The monoisotopic (exact) mass is 420 g/mol. The lowest BCUT2D eigenvalue weighted by Crippen LogP contribution is -1.98. The fourth-order valence-corrected chi connectivity index (χ4v) is 3.31. The van der Waals surface area contributed by atoms with Gasteiger partial charge in [0, 0.05) is 35.1 Å². The minimum Gasteiger partial charge on any atom is -0.493 e. The molecule has 1 N–H and O–H groups in total. The highest BCUT2D eigenvalue weighted by Crippen LogP contribution is 2.32. The van der Waals surface area contributed by atoms with Crippen LogP contribution in [-0.2, 0) is 7.05 Å². The summed E-state index contributed by atoms with van der Waals surface area (Å²) in [6.45, 7) is 0.775. The van der Waals surface area contributed by atoms with Gasteiger partial charge < -0.3 is 9.84 Å². The summed E-state index contributed by atoms with van der Waals surface area (Å²) in [6.07, 6.45) is 3.69. The number of nitrogens with zero attached hydrogens (tertiary/aromatic N) is 2. The quantitative estimate of drug-likeness (QED) is 0.517. The molecule has 0 spiro atoms. The van der Waals surface area contributed by atoms with Crippen LogP contribution >= 0.6 is 15.9 Å². The zero-order chi connectivity index (χ0) is 18.5. The molecule has 0 amide bonds. The Kier molecular flexibility index (Phi) is 6.27. The highest BCUT2D eigenvalue weighted by molar-refractivity contribution is 9.10. The van der Waals surface area contributed by atoms with E-state index in [1.165, 1.54) is 6.07 Å². The van der Waals surface area contributed by atoms with E-state index in [0.717, 1.165) is 41.1 Å². The number of benzene rings is 2. The maximum absolute atomic E-state index is 14.7. The van der Waals surface area contributed by atoms with Crippen molar-refractivity contribution in [2.24, 2.45) is 7.05 Å². The molecule has 1 heterocycles. The summed E-state index contributed by atoms with van der Waals surface area (Å²) in [5, 5.41) is 14.2. The van der Waals surface area contributed by atoms with Crippen LogP contribution in [0.25, 0.3) is 22.2 Å². The van der Waals surface area contributed by atoms with Gasteiger partial charge in [-0.2, -0.15) is 5.10 Å². The first kappa shape index (κ1) is 18.9. The largest absolute Gasteiger partial charge is 0.493 e. The number of aliphatic hydroxyl groups is 1. The first-order valence-electron chi connectivity index (χ1n) is 8.76. The molecule has 0 radical (unpaired) electrons. The fourth-order valence-electron chi connectivity index (χ4n) is 2.96. The van der Waals surface area contributed by atoms with E-state index in [9.17, 15) is 4.39 Å². The maximum atomic E-state index is 14.7. The van der Waals surface area contributed by atoms with Crippen molar-refractivity contribution < 1.29 is 14.2 Å². The SMILES string of the molecule is Cn1nc(-c2ccc(OCCCCCCO)cc2F)c2ccc(Br)cc21. The minimum atomic E-state index is -0.342. The molecule has 0 bridgehead atoms. The molecule has 6 heteroatoms. The molecule has 0 saturated carbocycles. The van der Waals surface area contributed by atoms with Crippen LogP contribution in [0, 0.1) is 5.82 Å². The van der Waals surface area contributed by atoms with Crippen LogP contribution in [0.5, 0.6) is 5.75 Å². The Morgan fingerprint density at radius 1 is 1.12 bits per heavy atom. The smallest absolute Gasteiger partial charge is 0.136 e. The minimum absolute atomic E-state index is 0.229. The summed E-state index contributed by atoms with van der Waals surface area (Å²) in [5.74, 6) is 0.182. The molecule has 0 saturated heterocycles. The Morgan fingerprint density at radius 2 is 1.92 bits per heavy atom. The molecular weight excluding hydrogens is 399 g/mol. The highest BCUT2D eigenvalue weighted by atomic mass is 79.9. The van der Waals surface area contributed by atoms with Gasteiger partial charge in [-0.1, -0.05) is 22.4 Å². The molecular formula is C20H22BrFN2O2. The standard InChI is InChI=1S/C20H22BrFN2O2/c1-24-19-12-14(21)6-8-17(19)20(23-24)16-9-7-15(13-18(16)22)26-11-5-3-2-4-10-25/h6-9,12-13,25H,2-5,10-11H2,1H3. The summed E-state index contributed by atoms with van der Waals surface area (Å²) in [4.78, 5) is 0. The van der Waals surface area contributed by atoms with E-state index in [2.05, 4.69) is 21.0 Å². The van der Waals surface area contributed by atoms with Crippen molar-refractivity contribution in [2.45, 2.75) is 25.7 Å². The Morgan fingerprint density at radius 3 is 2.69 bits per heavy atom. The topological polar surface area (TPSA) is 47.3 Å². The van der Waals surface area contributed by atoms with E-state index >= 15 is 0 Å². The van der Waals surface area contributed by atoms with Crippen molar-refractivity contribution in [1.82, 2.24) is 9.78 Å². The number of aryl methyl sites for hydroxylation is 1. The molecule has 3 aromatic rings. The van der Waals surface area contributed by atoms with E-state index in [4.69, 9.17) is 9.84 Å². The fraction of sp³-hybridized carbons (Fsp3) is 0.350. The number of ether oxygens (including phenoxy) is 1. The van der Waals surface area contributed by atoms with Gasteiger partial charge in [0.25, 0.3) is 0 Å². The van der Waals surface area contributed by atoms with E-state index < -0.39 is 0 Å². The number of unbranched alkanes of at least 4 members (excludes halogenated alkanes) is 3. The lowest BCUT2D eigenvalue weighted by molar-refractivity contribution is 0.273. The predicted octanol–water partition coefficient (Wildman–Crippen LogP) is 5.07. The van der Waals surface area contributed by atoms with Gasteiger partial charge >= 0.3 is 0 Å². The van der Waals surface area contributed by atoms with Crippen LogP contribution in [0.3, 0.4) is 0 Å². The Balaban J connectivity index is 1.74. The van der Waals surface area contributed by atoms with Crippen molar-refractivity contribution in [3.05, 3.63) is 46.7 Å². The predicted molar refractivity (Wildman–Crippen MR) is 105 cm³/mol. The number of fused-ring (bicyclic) bond motifs is 1. The van der Waals surface area contributed by atoms with Crippen LogP contribution in [0.1, 0.15) is 25.7 Å². The summed E-state index contributed by atoms with van der Waals surface area (Å²) in [5.41, 5.74) is 2.04. The third kappa shape index (κ3) is 4.24. The van der Waals surface area contributed by atoms with Gasteiger partial charge in [0.05, 0.1) is 12.1 Å². The summed E-state index contributed by atoms with van der Waals surface area (Å²) in [6, 6.07) is 10.8. The number of aromatic nitrogens is 2. The van der Waals surface area contributed by atoms with Crippen LogP contribution in [-0.4, -0.2) is 28.1 Å². The number of halogens is 2. The van der Waals surface area contributed by atoms with Crippen molar-refractivity contribution in [2.75, 3.05) is 13.2 Å². The lowest BCUT2D eigenvalue weighted by atomic mass is 10.1. The van der Waals surface area contributed by atoms with Gasteiger partial charge in [0.15, 0.2) is 0 Å². The van der Waals surface area contributed by atoms with Gasteiger partial charge in [-0.25, -0.2) is 4.39 Å². The van der Waals surface area contributed by atoms with Gasteiger partial charge in [-0.3, -0.25) is 4.68 Å². The van der Waals surface area contributed by atoms with Crippen molar-refractivity contribution in [3.63, 3.8) is 0 Å². The molecule has 3 rings (SSSR count). The molecule has 138 valence electrons. The summed E-state index contributed by atoms with van der Waals surface area (Å²) >= 11 is 3.46. The second-order valence-corrected chi connectivity index (χ2v) is 7.18. The Hall–Kier alpha value is -1.92. The second kappa shape index (κ2) is 8.64. The first-order chi connectivity index (χ1) is 12.6. The average Bonchev–Trinajstić information content (AvgIpc) is 2.94. The summed E-state index contributed by atoms with van der Waals surface area (Å²) in [7, 11) is 1.85. The number of aliphatic hydroxyl groups excluding tert-OH is 1. The van der Waals surface area contributed by atoms with Crippen LogP contribution in [0.2, 0.25) is 0 Å². The van der Waals surface area contributed by atoms with Crippen molar-refractivity contribution in [1.29, 1.82) is 0 Å². The van der Waals surface area contributed by atoms with Gasteiger partial charge in [0.2, 0.25) is 0 Å². The van der Waals surface area contributed by atoms with E-state index in [0.29, 0.717) is 23.6 Å². The molecule has 0 unspecified atom stereocenters. The molecule has 4 nitrogen and oxygen atoms in total. The third-order valence-corrected chi connectivity index (χ3v) is 4.82. The molecule has 2 aromatic carbocycles. The Labute approximate surface area is 160 Å². The lowest BCUT2D eigenvalue weighted by Gasteiger charge is -2.08. The maximum Gasteiger partial charge on any atom is 0.136 e. The number of rotatable bonds is 8. The van der Waals surface area contributed by atoms with Crippen molar-refractivity contribution >= 4 is 26.8 Å². The zero-order valence-corrected chi connectivity index (χ0v) is 16.3. The van der Waals surface area contributed by atoms with Crippen LogP contribution in [0.15, 0.2) is 40.9 Å². The van der Waals surface area contributed by atoms with Crippen LogP contribution < -0.4 is 4.74 Å². The highest BCUT2D eigenvalue weighted by Gasteiger charge is 2.15. The van der Waals surface area contributed by atoms with E-state index in [1.54, 1.807) is 16.8 Å². The molecule has 0 fully saturated rings. The van der Waals surface area contributed by atoms with E-state index in [1.807, 2.05) is 25.2 Å². The van der Waals surface area contributed by atoms with Crippen LogP contribution in [0.4, 0.5) is 4.39 Å². The molecule has 0 aliphatic heterocycles. The summed E-state index contributed by atoms with van der Waals surface area (Å²) < 4.78 is 23.0. The van der Waals surface area contributed by atoms with Crippen molar-refractivity contribution in [3.8, 4) is 17.0 Å². The zero-order valence-electron chi connectivity index (χ0n) is 14.7. The van der Waals surface area contributed by atoms with Gasteiger partial charge in [-0.15, -0.1) is 0 Å². The number of hydrogen-bond acceptors (Lipinski definition) is 3. The van der Waals surface area contributed by atoms with Gasteiger partial charge in [0.1, 0.15) is 17.3 Å². The normalized spacial score (nSPS) is 11.2. The number of hydrogen-bond donors (Lipinski definition) is 1. The Bertz CT molecular complexity index is 895. The third-order valence-electron chi connectivity index (χ3n) is 4.33. The first-order valence-corrected chi connectivity index (χ1v) is 9.55. The van der Waals surface area contributed by atoms with Gasteiger partial charge in [-0.05, 0) is 49.6 Å². The average molecular weight is 421 g/mol. The van der Waals surface area contributed by atoms with E-state index in [-0.39, 0.29) is 12.4 Å². The molecule has 1 aromatic heterocycles. The second-order valence-electron chi connectivity index (χ2n) is 6.26.